The van der Waals surface area contributed by atoms with Gasteiger partial charge in [-0.25, -0.2) is 9.78 Å². The number of nitrogens with one attached hydrogen (secondary N) is 1. The lowest BCUT2D eigenvalue weighted by molar-refractivity contribution is -0.151. The molecule has 3 atom stereocenters. The van der Waals surface area contributed by atoms with Crippen molar-refractivity contribution in [1.82, 2.24) is 10.3 Å². The molecule has 0 radical (unpaired) electrons. The molecule has 166 valence electrons. The Bertz CT molecular complexity index is 959. The average Bonchev–Trinajstić information content (AvgIpc) is 2.73. The predicted molar refractivity (Wildman–Crippen MR) is 114 cm³/mol. The standard InChI is InChI=1S/C23H28N2O6/c1-13-9-7-8-10-18(13)14(2)16(4)30-23(28)15(3)25-22(27)20-21(31-17(5)26)19(29-6)11-12-24-20/h7-12,14-16H,1-6H3,(H,25,27)/t14-,15-,16+/m0/s1. The minimum Gasteiger partial charge on any atom is -0.493 e. The van der Waals surface area contributed by atoms with E-state index in [9.17, 15) is 14.4 Å². The van der Waals surface area contributed by atoms with Gasteiger partial charge in [-0.1, -0.05) is 31.2 Å². The number of hydrogen-bond donors (Lipinski definition) is 1. The summed E-state index contributed by atoms with van der Waals surface area (Å²) in [4.78, 5) is 40.6. The van der Waals surface area contributed by atoms with Gasteiger partial charge < -0.3 is 19.5 Å². The Kier molecular flexibility index (Phi) is 8.13. The summed E-state index contributed by atoms with van der Waals surface area (Å²) in [6.45, 7) is 8.51. The first-order valence-corrected chi connectivity index (χ1v) is 9.94. The molecule has 2 rings (SSSR count). The van der Waals surface area contributed by atoms with E-state index in [1.54, 1.807) is 0 Å². The zero-order chi connectivity index (χ0) is 23.1. The molecule has 0 unspecified atom stereocenters. The van der Waals surface area contributed by atoms with E-state index >= 15 is 0 Å². The van der Waals surface area contributed by atoms with Crippen LogP contribution in [0.1, 0.15) is 55.2 Å². The van der Waals surface area contributed by atoms with E-state index in [1.165, 1.54) is 33.2 Å². The first-order valence-electron chi connectivity index (χ1n) is 9.94. The molecule has 31 heavy (non-hydrogen) atoms. The summed E-state index contributed by atoms with van der Waals surface area (Å²) in [6, 6.07) is 8.42. The summed E-state index contributed by atoms with van der Waals surface area (Å²) in [6.07, 6.45) is 0.940. The number of aryl methyl sites for hydroxylation is 1. The maximum atomic E-state index is 12.7. The molecule has 1 amide bonds. The smallest absolute Gasteiger partial charge is 0.328 e. The lowest BCUT2D eigenvalue weighted by Crippen LogP contribution is -2.41. The van der Waals surface area contributed by atoms with E-state index < -0.39 is 30.0 Å². The summed E-state index contributed by atoms with van der Waals surface area (Å²) in [5, 5.41) is 2.53. The normalized spacial score (nSPS) is 13.5. The molecule has 0 saturated carbocycles. The third kappa shape index (κ3) is 6.04. The second kappa shape index (κ2) is 10.6. The lowest BCUT2D eigenvalue weighted by atomic mass is 9.92. The van der Waals surface area contributed by atoms with Crippen molar-refractivity contribution in [1.29, 1.82) is 0 Å². The van der Waals surface area contributed by atoms with E-state index in [1.807, 2.05) is 45.0 Å². The quantitative estimate of drug-likeness (QED) is 0.644. The molecule has 2 aromatic rings. The summed E-state index contributed by atoms with van der Waals surface area (Å²) in [5.41, 5.74) is 2.03. The predicted octanol–water partition coefficient (Wildman–Crippen LogP) is 3.18. The SMILES string of the molecule is COc1ccnc(C(=O)N[C@@H](C)C(=O)O[C@H](C)[C@H](C)c2ccccc2C)c1OC(C)=O. The van der Waals surface area contributed by atoms with Crippen molar-refractivity contribution in [3.8, 4) is 11.5 Å². The largest absolute Gasteiger partial charge is 0.493 e. The first-order chi connectivity index (χ1) is 14.6. The Morgan fingerprint density at radius 3 is 2.35 bits per heavy atom. The van der Waals surface area contributed by atoms with Gasteiger partial charge in [-0.05, 0) is 31.9 Å². The van der Waals surface area contributed by atoms with Crippen LogP contribution in [0.2, 0.25) is 0 Å². The van der Waals surface area contributed by atoms with E-state index in [4.69, 9.17) is 14.2 Å². The van der Waals surface area contributed by atoms with Crippen LogP contribution in [0, 0.1) is 6.92 Å². The van der Waals surface area contributed by atoms with Crippen LogP contribution in [-0.4, -0.2) is 42.1 Å². The number of hydrogen-bond acceptors (Lipinski definition) is 7. The monoisotopic (exact) mass is 428 g/mol. The van der Waals surface area contributed by atoms with Gasteiger partial charge in [0.2, 0.25) is 5.75 Å². The van der Waals surface area contributed by atoms with Crippen LogP contribution in [0.4, 0.5) is 0 Å². The van der Waals surface area contributed by atoms with Crippen LogP contribution in [0.25, 0.3) is 0 Å². The molecule has 0 spiro atoms. The van der Waals surface area contributed by atoms with Gasteiger partial charge in [0.05, 0.1) is 7.11 Å². The van der Waals surface area contributed by atoms with Crippen LogP contribution in [0.3, 0.4) is 0 Å². The third-order valence-electron chi connectivity index (χ3n) is 4.94. The molecule has 1 aromatic carbocycles. The number of pyridine rings is 1. The third-order valence-corrected chi connectivity index (χ3v) is 4.94. The average molecular weight is 428 g/mol. The molecule has 1 heterocycles. The topological polar surface area (TPSA) is 104 Å². The van der Waals surface area contributed by atoms with E-state index in [-0.39, 0.29) is 23.1 Å². The minimum atomic E-state index is -0.947. The first kappa shape index (κ1) is 23.9. The van der Waals surface area contributed by atoms with Crippen molar-refractivity contribution in [3.05, 3.63) is 53.3 Å². The van der Waals surface area contributed by atoms with Crippen molar-refractivity contribution in [3.63, 3.8) is 0 Å². The molecule has 1 aromatic heterocycles. The Labute approximate surface area is 181 Å². The van der Waals surface area contributed by atoms with Crippen LogP contribution in [0.5, 0.6) is 11.5 Å². The molecule has 1 N–H and O–H groups in total. The number of carbonyl (C=O) groups is 3. The van der Waals surface area contributed by atoms with Crippen LogP contribution in [0.15, 0.2) is 36.5 Å². The van der Waals surface area contributed by atoms with E-state index in [0.29, 0.717) is 0 Å². The van der Waals surface area contributed by atoms with Gasteiger partial charge in [0.1, 0.15) is 12.1 Å². The Morgan fingerprint density at radius 1 is 1.06 bits per heavy atom. The second-order valence-electron chi connectivity index (χ2n) is 7.27. The number of esters is 2. The molecular formula is C23H28N2O6. The fourth-order valence-electron chi connectivity index (χ4n) is 3.06. The van der Waals surface area contributed by atoms with Crippen LogP contribution < -0.4 is 14.8 Å². The number of aromatic nitrogens is 1. The zero-order valence-corrected chi connectivity index (χ0v) is 18.6. The van der Waals surface area contributed by atoms with Crippen LogP contribution in [-0.2, 0) is 14.3 Å². The molecule has 0 aliphatic heterocycles. The molecule has 0 fully saturated rings. The summed E-state index contributed by atoms with van der Waals surface area (Å²) < 4.78 is 15.8. The maximum absolute atomic E-state index is 12.7. The minimum absolute atomic E-state index is 0.0244. The number of carbonyl (C=O) groups excluding carboxylic acids is 3. The van der Waals surface area contributed by atoms with Gasteiger partial charge in [0.25, 0.3) is 5.91 Å². The highest BCUT2D eigenvalue weighted by Crippen LogP contribution is 2.30. The van der Waals surface area contributed by atoms with E-state index in [2.05, 4.69) is 10.3 Å². The Morgan fingerprint density at radius 2 is 1.74 bits per heavy atom. The van der Waals surface area contributed by atoms with E-state index in [0.717, 1.165) is 11.1 Å². The summed E-state index contributed by atoms with van der Waals surface area (Å²) >= 11 is 0. The summed E-state index contributed by atoms with van der Waals surface area (Å²) in [7, 11) is 1.38. The maximum Gasteiger partial charge on any atom is 0.328 e. The highest BCUT2D eigenvalue weighted by Gasteiger charge is 2.27. The summed E-state index contributed by atoms with van der Waals surface area (Å²) in [5.74, 6) is -1.88. The zero-order valence-electron chi connectivity index (χ0n) is 18.6. The fraction of sp³-hybridized carbons (Fsp3) is 0.391. The molecule has 0 aliphatic carbocycles. The number of ether oxygens (including phenoxy) is 3. The van der Waals surface area contributed by atoms with Gasteiger partial charge >= 0.3 is 11.9 Å². The van der Waals surface area contributed by atoms with Gasteiger partial charge in [-0.15, -0.1) is 0 Å². The number of methoxy groups -OCH3 is 1. The number of amides is 1. The second-order valence-corrected chi connectivity index (χ2v) is 7.27. The van der Waals surface area contributed by atoms with Gasteiger partial charge in [-0.2, -0.15) is 0 Å². The Hall–Kier alpha value is -3.42. The number of rotatable bonds is 8. The molecular weight excluding hydrogens is 400 g/mol. The lowest BCUT2D eigenvalue weighted by Gasteiger charge is -2.24. The van der Waals surface area contributed by atoms with Crippen molar-refractivity contribution in [2.45, 2.75) is 52.7 Å². The van der Waals surface area contributed by atoms with Crippen molar-refractivity contribution >= 4 is 17.8 Å². The molecule has 8 nitrogen and oxygen atoms in total. The number of benzene rings is 1. The molecule has 0 bridgehead atoms. The van der Waals surface area contributed by atoms with Gasteiger partial charge in [0, 0.05) is 25.1 Å². The molecule has 8 heteroatoms. The Balaban J connectivity index is 2.08. The van der Waals surface area contributed by atoms with Crippen molar-refractivity contribution < 1.29 is 28.6 Å². The van der Waals surface area contributed by atoms with Gasteiger partial charge in [0.15, 0.2) is 11.4 Å². The van der Waals surface area contributed by atoms with Crippen molar-refractivity contribution in [2.75, 3.05) is 7.11 Å². The highest BCUT2D eigenvalue weighted by molar-refractivity contribution is 5.98. The molecule has 0 aliphatic rings. The fourth-order valence-corrected chi connectivity index (χ4v) is 3.06. The molecule has 0 saturated heterocycles. The van der Waals surface area contributed by atoms with Crippen LogP contribution >= 0.6 is 0 Å². The van der Waals surface area contributed by atoms with Gasteiger partial charge in [-0.3, -0.25) is 9.59 Å². The van der Waals surface area contributed by atoms with Crippen molar-refractivity contribution in [2.24, 2.45) is 0 Å². The highest BCUT2D eigenvalue weighted by atomic mass is 16.6. The number of nitrogens with zero attached hydrogens (tertiary/aromatic N) is 1.